The first-order valence-corrected chi connectivity index (χ1v) is 14.1. The second-order valence-corrected chi connectivity index (χ2v) is 12.4. The number of carbonyl (C=O) groups excluding carboxylic acids is 1. The fourth-order valence-corrected chi connectivity index (χ4v) is 6.18. The molecule has 1 aliphatic carbocycles. The van der Waals surface area contributed by atoms with E-state index in [4.69, 9.17) is 9.47 Å². The Balaban J connectivity index is 1.73. The molecule has 1 aliphatic heterocycles. The van der Waals surface area contributed by atoms with Gasteiger partial charge in [-0.15, -0.1) is 0 Å². The first kappa shape index (κ1) is 30.4. The summed E-state index contributed by atoms with van der Waals surface area (Å²) in [6, 6.07) is 7.03. The molecule has 2 aromatic carbocycles. The Hall–Kier alpha value is -3.55. The van der Waals surface area contributed by atoms with Crippen LogP contribution in [-0.2, 0) is 30.8 Å². The number of alkyl halides is 3. The quantitative estimate of drug-likeness (QED) is 0.306. The molecule has 224 valence electrons. The number of carbonyl (C=O) groups is 2. The van der Waals surface area contributed by atoms with E-state index in [9.17, 15) is 40.7 Å². The highest BCUT2D eigenvalue weighted by atomic mass is 32.2. The molecule has 41 heavy (non-hydrogen) atoms. The lowest BCUT2D eigenvalue weighted by molar-refractivity contribution is -0.257. The predicted octanol–water partition coefficient (Wildman–Crippen LogP) is 4.72. The first-order valence-electron chi connectivity index (χ1n) is 12.7. The van der Waals surface area contributed by atoms with Crippen molar-refractivity contribution in [1.29, 1.82) is 0 Å². The largest absolute Gasteiger partial charge is 0.494 e. The maximum atomic E-state index is 14.1. The molecule has 0 amide bonds. The predicted molar refractivity (Wildman–Crippen MR) is 137 cm³/mol. The first-order chi connectivity index (χ1) is 19.0. The molecule has 1 saturated carbocycles. The molecular weight excluding hydrogens is 574 g/mol. The minimum Gasteiger partial charge on any atom is -0.494 e. The smallest absolute Gasteiger partial charge is 0.427 e. The summed E-state index contributed by atoms with van der Waals surface area (Å²) < 4.78 is 98.1. The fourth-order valence-electron chi connectivity index (χ4n) is 4.68. The van der Waals surface area contributed by atoms with E-state index in [0.29, 0.717) is 13.8 Å². The summed E-state index contributed by atoms with van der Waals surface area (Å²) in [6.45, 7) is 1.13. The number of sulfonamides is 1. The summed E-state index contributed by atoms with van der Waals surface area (Å²) in [4.78, 5) is 23.7. The summed E-state index contributed by atoms with van der Waals surface area (Å²) in [5, 5.41) is 9.47. The van der Waals surface area contributed by atoms with Crippen LogP contribution in [0.5, 0.6) is 11.5 Å². The summed E-state index contributed by atoms with van der Waals surface area (Å²) in [5.41, 5.74) is -2.61. The van der Waals surface area contributed by atoms with E-state index in [1.54, 1.807) is 0 Å². The van der Waals surface area contributed by atoms with E-state index in [0.717, 1.165) is 35.3 Å². The number of esters is 1. The van der Waals surface area contributed by atoms with Crippen LogP contribution in [0.1, 0.15) is 38.7 Å². The van der Waals surface area contributed by atoms with E-state index < -0.39 is 58.0 Å². The second kappa shape index (κ2) is 11.0. The highest BCUT2D eigenvalue weighted by Gasteiger charge is 2.51. The monoisotopic (exact) mass is 603 g/mol. The van der Waals surface area contributed by atoms with Crippen LogP contribution < -0.4 is 13.8 Å². The Morgan fingerprint density at radius 1 is 1.15 bits per heavy atom. The number of benzene rings is 2. The number of anilines is 1. The molecule has 4 rings (SSSR count). The molecule has 0 bridgehead atoms. The van der Waals surface area contributed by atoms with Gasteiger partial charge in [-0.3, -0.25) is 13.9 Å². The molecule has 14 heteroatoms. The van der Waals surface area contributed by atoms with Crippen LogP contribution in [0.25, 0.3) is 0 Å². The van der Waals surface area contributed by atoms with Crippen molar-refractivity contribution in [3.63, 3.8) is 0 Å². The van der Waals surface area contributed by atoms with Gasteiger partial charge in [-0.1, -0.05) is 6.07 Å². The summed E-state index contributed by atoms with van der Waals surface area (Å²) >= 11 is 0. The molecule has 1 fully saturated rings. The number of methoxy groups -OCH3 is 1. The van der Waals surface area contributed by atoms with Crippen molar-refractivity contribution < 1.29 is 54.9 Å². The molecule has 9 nitrogen and oxygen atoms in total. The fraction of sp³-hybridized carbons (Fsp3) is 0.481. The average molecular weight is 604 g/mol. The van der Waals surface area contributed by atoms with Gasteiger partial charge < -0.3 is 19.3 Å². The van der Waals surface area contributed by atoms with Gasteiger partial charge in [0.05, 0.1) is 37.1 Å². The van der Waals surface area contributed by atoms with E-state index in [-0.39, 0.29) is 46.5 Å². The van der Waals surface area contributed by atoms with Crippen molar-refractivity contribution in [2.75, 3.05) is 18.0 Å². The molecule has 0 radical (unpaired) electrons. The van der Waals surface area contributed by atoms with Crippen LogP contribution in [0, 0.1) is 17.7 Å². The minimum absolute atomic E-state index is 0.0187. The summed E-state index contributed by atoms with van der Waals surface area (Å²) in [6.07, 6.45) is -4.97. The SMILES string of the molecule is COc1cc(S(=O)(=O)N2C[C@H]([C@H](CC(=O)O)C3CC3)Oc3ccc(CC(=O)OC(C)(C)C(F)(F)F)cc32)ccc1F. The van der Waals surface area contributed by atoms with Crippen LogP contribution in [0.2, 0.25) is 0 Å². The molecule has 2 atom stereocenters. The number of ether oxygens (including phenoxy) is 3. The molecule has 1 heterocycles. The Labute approximate surface area is 234 Å². The van der Waals surface area contributed by atoms with Gasteiger partial charge >= 0.3 is 18.1 Å². The topological polar surface area (TPSA) is 119 Å². The molecule has 0 aromatic heterocycles. The Morgan fingerprint density at radius 2 is 1.83 bits per heavy atom. The molecule has 2 aromatic rings. The van der Waals surface area contributed by atoms with Crippen molar-refractivity contribution in [2.24, 2.45) is 11.8 Å². The van der Waals surface area contributed by atoms with Crippen LogP contribution in [0.3, 0.4) is 0 Å². The zero-order valence-corrected chi connectivity index (χ0v) is 23.2. The van der Waals surface area contributed by atoms with Crippen LogP contribution in [-0.4, -0.2) is 57.0 Å². The van der Waals surface area contributed by atoms with Gasteiger partial charge in [-0.25, -0.2) is 12.8 Å². The van der Waals surface area contributed by atoms with E-state index in [2.05, 4.69) is 4.74 Å². The lowest BCUT2D eigenvalue weighted by Crippen LogP contribution is -2.47. The number of aliphatic carboxylic acids is 1. The number of carboxylic acids is 1. The van der Waals surface area contributed by atoms with Crippen LogP contribution in [0.15, 0.2) is 41.3 Å². The van der Waals surface area contributed by atoms with Crippen molar-refractivity contribution >= 4 is 27.6 Å². The highest BCUT2D eigenvalue weighted by molar-refractivity contribution is 7.92. The minimum atomic E-state index is -4.81. The van der Waals surface area contributed by atoms with E-state index in [1.165, 1.54) is 25.3 Å². The van der Waals surface area contributed by atoms with Crippen LogP contribution in [0.4, 0.5) is 23.2 Å². The maximum Gasteiger partial charge on any atom is 0.427 e. The summed E-state index contributed by atoms with van der Waals surface area (Å²) in [5.74, 6) is -3.76. The standard InChI is InChI=1S/C27H29F4NO8S/c1-26(2,27(29,30)31)40-25(35)11-15-4-9-21-20(10-15)32(14-23(39-21)18(13-24(33)34)16-5-6-16)41(36,37)17-7-8-19(28)22(12-17)38-3/h4,7-10,12,16,18,23H,5-6,11,13-14H2,1-3H3,(H,33,34)/t18-,23-/m1/s1. The Morgan fingerprint density at radius 3 is 2.41 bits per heavy atom. The summed E-state index contributed by atoms with van der Waals surface area (Å²) in [7, 11) is -3.25. The molecule has 0 spiro atoms. The average Bonchev–Trinajstić information content (AvgIpc) is 3.71. The number of rotatable bonds is 10. The number of halogens is 4. The molecule has 0 unspecified atom stereocenters. The third-order valence-electron chi connectivity index (χ3n) is 7.14. The normalized spacial score (nSPS) is 18.2. The van der Waals surface area contributed by atoms with Gasteiger partial charge in [-0.2, -0.15) is 13.2 Å². The molecule has 0 saturated heterocycles. The zero-order chi connectivity index (χ0) is 30.3. The number of hydrogen-bond acceptors (Lipinski definition) is 7. The third-order valence-corrected chi connectivity index (χ3v) is 8.92. The van der Waals surface area contributed by atoms with Gasteiger partial charge in [0.2, 0.25) is 5.60 Å². The number of hydrogen-bond donors (Lipinski definition) is 1. The number of fused-ring (bicyclic) bond motifs is 1. The van der Waals surface area contributed by atoms with Gasteiger partial charge in [0.15, 0.2) is 11.6 Å². The lowest BCUT2D eigenvalue weighted by atomic mass is 9.92. The van der Waals surface area contributed by atoms with Crippen LogP contribution >= 0.6 is 0 Å². The zero-order valence-electron chi connectivity index (χ0n) is 22.4. The second-order valence-electron chi connectivity index (χ2n) is 10.5. The lowest BCUT2D eigenvalue weighted by Gasteiger charge is -2.39. The van der Waals surface area contributed by atoms with Crippen molar-refractivity contribution in [3.05, 3.63) is 47.8 Å². The number of carboxylic acid groups (broad SMARTS) is 1. The van der Waals surface area contributed by atoms with Gasteiger partial charge in [-0.05, 0) is 62.4 Å². The van der Waals surface area contributed by atoms with Gasteiger partial charge in [0.25, 0.3) is 10.0 Å². The third kappa shape index (κ3) is 6.52. The Kier molecular flexibility index (Phi) is 8.18. The van der Waals surface area contributed by atoms with Crippen molar-refractivity contribution in [3.8, 4) is 11.5 Å². The van der Waals surface area contributed by atoms with E-state index >= 15 is 0 Å². The van der Waals surface area contributed by atoms with E-state index in [1.807, 2.05) is 0 Å². The van der Waals surface area contributed by atoms with Crippen molar-refractivity contribution in [2.45, 2.75) is 62.3 Å². The van der Waals surface area contributed by atoms with Crippen molar-refractivity contribution in [1.82, 2.24) is 0 Å². The van der Waals surface area contributed by atoms with Gasteiger partial charge in [0.1, 0.15) is 11.9 Å². The number of nitrogens with zero attached hydrogens (tertiary/aromatic N) is 1. The Bertz CT molecular complexity index is 1440. The highest BCUT2D eigenvalue weighted by Crippen LogP contribution is 2.46. The molecular formula is C27H29F4NO8S. The van der Waals surface area contributed by atoms with Gasteiger partial charge in [0, 0.05) is 12.0 Å². The molecule has 1 N–H and O–H groups in total. The maximum absolute atomic E-state index is 14.1. The molecule has 2 aliphatic rings.